The van der Waals surface area contributed by atoms with Crippen molar-refractivity contribution in [2.45, 2.75) is 36.7 Å². The third-order valence-electron chi connectivity index (χ3n) is 3.93. The van der Waals surface area contributed by atoms with E-state index in [4.69, 9.17) is 5.73 Å². The number of rotatable bonds is 5. The molecule has 6 nitrogen and oxygen atoms in total. The summed E-state index contributed by atoms with van der Waals surface area (Å²) in [7, 11) is -3.66. The number of carbonyl (C=O) groups excluding carboxylic acids is 1. The minimum Gasteiger partial charge on any atom is -0.368 e. The molecule has 1 aromatic rings. The Morgan fingerprint density at radius 1 is 1.32 bits per heavy atom. The largest absolute Gasteiger partial charge is 0.368 e. The first-order chi connectivity index (χ1) is 10.3. The van der Waals surface area contributed by atoms with Gasteiger partial charge in [0, 0.05) is 19.1 Å². The molecule has 1 fully saturated rings. The quantitative estimate of drug-likeness (QED) is 0.820. The Balaban J connectivity index is 1.95. The van der Waals surface area contributed by atoms with Gasteiger partial charge < -0.3 is 5.73 Å². The van der Waals surface area contributed by atoms with E-state index in [1.165, 1.54) is 12.1 Å². The van der Waals surface area contributed by atoms with Gasteiger partial charge in [-0.25, -0.2) is 17.5 Å². The minimum atomic E-state index is -3.66. The summed E-state index contributed by atoms with van der Waals surface area (Å²) in [6.07, 6.45) is 1.19. The van der Waals surface area contributed by atoms with Gasteiger partial charge in [-0.05, 0) is 44.0 Å². The van der Waals surface area contributed by atoms with Gasteiger partial charge in [-0.3, -0.25) is 9.69 Å². The summed E-state index contributed by atoms with van der Waals surface area (Å²) in [4.78, 5) is 13.1. The topological polar surface area (TPSA) is 92.5 Å². The van der Waals surface area contributed by atoms with Crippen LogP contribution in [0.15, 0.2) is 29.2 Å². The van der Waals surface area contributed by atoms with E-state index in [9.17, 15) is 17.6 Å². The first-order valence-electron chi connectivity index (χ1n) is 7.11. The summed E-state index contributed by atoms with van der Waals surface area (Å²) >= 11 is 0. The lowest BCUT2D eigenvalue weighted by Crippen LogP contribution is -2.50. The molecule has 0 spiro atoms. The van der Waals surface area contributed by atoms with Crippen molar-refractivity contribution in [3.05, 3.63) is 30.1 Å². The number of likely N-dealkylation sites (tertiary alicyclic amines) is 1. The van der Waals surface area contributed by atoms with Crippen LogP contribution in [-0.2, 0) is 14.8 Å². The SMILES string of the molecule is C[C@H](C(N)=O)N1CCC(NS(=O)(=O)c2ccc(F)cc2)CC1. The first kappa shape index (κ1) is 16.9. The zero-order chi connectivity index (χ0) is 16.3. The van der Waals surface area contributed by atoms with Crippen LogP contribution in [0.2, 0.25) is 0 Å². The van der Waals surface area contributed by atoms with Crippen molar-refractivity contribution in [1.82, 2.24) is 9.62 Å². The molecule has 1 amide bonds. The number of nitrogens with one attached hydrogen (secondary N) is 1. The molecule has 0 aliphatic carbocycles. The highest BCUT2D eigenvalue weighted by atomic mass is 32.2. The molecule has 0 radical (unpaired) electrons. The number of hydrogen-bond donors (Lipinski definition) is 2. The van der Waals surface area contributed by atoms with Crippen LogP contribution < -0.4 is 10.5 Å². The number of hydrogen-bond acceptors (Lipinski definition) is 4. The van der Waals surface area contributed by atoms with Gasteiger partial charge in [-0.15, -0.1) is 0 Å². The lowest BCUT2D eigenvalue weighted by atomic mass is 10.0. The smallest absolute Gasteiger partial charge is 0.240 e. The van der Waals surface area contributed by atoms with Gasteiger partial charge in [0.15, 0.2) is 0 Å². The Kier molecular flexibility index (Phi) is 5.15. The van der Waals surface area contributed by atoms with Gasteiger partial charge >= 0.3 is 0 Å². The molecule has 122 valence electrons. The third-order valence-corrected chi connectivity index (χ3v) is 5.47. The predicted octanol–water partition coefficient (Wildman–Crippen LogP) is 0.442. The van der Waals surface area contributed by atoms with Gasteiger partial charge in [0.05, 0.1) is 10.9 Å². The number of nitrogens with two attached hydrogens (primary N) is 1. The van der Waals surface area contributed by atoms with Crippen LogP contribution in [0.25, 0.3) is 0 Å². The molecule has 1 aliphatic heterocycles. The Bertz CT molecular complexity index is 625. The molecule has 22 heavy (non-hydrogen) atoms. The molecule has 0 bridgehead atoms. The van der Waals surface area contributed by atoms with E-state index in [0.717, 1.165) is 12.1 Å². The molecule has 0 saturated carbocycles. The summed E-state index contributed by atoms with van der Waals surface area (Å²) in [5, 5.41) is 0. The monoisotopic (exact) mass is 329 g/mol. The van der Waals surface area contributed by atoms with Crippen LogP contribution >= 0.6 is 0 Å². The fraction of sp³-hybridized carbons (Fsp3) is 0.500. The lowest BCUT2D eigenvalue weighted by molar-refractivity contribution is -0.123. The van der Waals surface area contributed by atoms with E-state index in [1.807, 2.05) is 4.90 Å². The van der Waals surface area contributed by atoms with Crippen LogP contribution in [-0.4, -0.2) is 44.4 Å². The first-order valence-corrected chi connectivity index (χ1v) is 8.59. The highest BCUT2D eigenvalue weighted by Crippen LogP contribution is 2.17. The van der Waals surface area contributed by atoms with Gasteiger partial charge in [0.1, 0.15) is 5.82 Å². The second-order valence-corrected chi connectivity index (χ2v) is 7.18. The van der Waals surface area contributed by atoms with E-state index in [-0.39, 0.29) is 22.9 Å². The summed E-state index contributed by atoms with van der Waals surface area (Å²) < 4.78 is 39.9. The molecule has 3 N–H and O–H groups in total. The van der Waals surface area contributed by atoms with E-state index in [0.29, 0.717) is 25.9 Å². The van der Waals surface area contributed by atoms with E-state index in [1.54, 1.807) is 6.92 Å². The van der Waals surface area contributed by atoms with Crippen molar-refractivity contribution in [3.63, 3.8) is 0 Å². The summed E-state index contributed by atoms with van der Waals surface area (Å²) in [5.74, 6) is -0.863. The number of carbonyl (C=O) groups is 1. The zero-order valence-corrected chi connectivity index (χ0v) is 13.1. The predicted molar refractivity (Wildman–Crippen MR) is 80.0 cm³/mol. The van der Waals surface area contributed by atoms with Crippen LogP contribution in [0.1, 0.15) is 19.8 Å². The second-order valence-electron chi connectivity index (χ2n) is 5.46. The second kappa shape index (κ2) is 6.72. The molecule has 8 heteroatoms. The standard InChI is InChI=1S/C14H20FN3O3S/c1-10(14(16)19)18-8-6-12(7-9-18)17-22(20,21)13-4-2-11(15)3-5-13/h2-5,10,12,17H,6-9H2,1H3,(H2,16,19)/t10-/m1/s1. The molecule has 1 atom stereocenters. The van der Waals surface area contributed by atoms with Crippen molar-refractivity contribution in [3.8, 4) is 0 Å². The Hall–Kier alpha value is -1.51. The summed E-state index contributed by atoms with van der Waals surface area (Å²) in [6, 6.07) is 4.16. The van der Waals surface area contributed by atoms with Gasteiger partial charge in [0.25, 0.3) is 0 Å². The normalized spacial score (nSPS) is 19.0. The highest BCUT2D eigenvalue weighted by Gasteiger charge is 2.28. The molecular formula is C14H20FN3O3S. The average molecular weight is 329 g/mol. The Morgan fingerprint density at radius 2 is 1.86 bits per heavy atom. The third kappa shape index (κ3) is 4.02. The molecular weight excluding hydrogens is 309 g/mol. The number of amides is 1. The number of nitrogens with zero attached hydrogens (tertiary/aromatic N) is 1. The van der Waals surface area contributed by atoms with Gasteiger partial charge in [-0.2, -0.15) is 0 Å². The fourth-order valence-electron chi connectivity index (χ4n) is 2.49. The maximum atomic E-state index is 12.9. The molecule has 0 unspecified atom stereocenters. The van der Waals surface area contributed by atoms with Crippen molar-refractivity contribution >= 4 is 15.9 Å². The van der Waals surface area contributed by atoms with E-state index in [2.05, 4.69) is 4.72 Å². The minimum absolute atomic E-state index is 0.0434. The maximum Gasteiger partial charge on any atom is 0.240 e. The zero-order valence-electron chi connectivity index (χ0n) is 12.3. The summed E-state index contributed by atoms with van der Waals surface area (Å²) in [6.45, 7) is 2.94. The van der Waals surface area contributed by atoms with Gasteiger partial charge in [-0.1, -0.05) is 0 Å². The number of halogens is 1. The molecule has 1 aliphatic rings. The Labute approximate surface area is 129 Å². The van der Waals surface area contributed by atoms with Crippen molar-refractivity contribution in [2.24, 2.45) is 5.73 Å². The van der Waals surface area contributed by atoms with Gasteiger partial charge in [0.2, 0.25) is 15.9 Å². The highest BCUT2D eigenvalue weighted by molar-refractivity contribution is 7.89. The molecule has 2 rings (SSSR count). The number of benzene rings is 1. The van der Waals surface area contributed by atoms with Crippen molar-refractivity contribution in [1.29, 1.82) is 0 Å². The maximum absolute atomic E-state index is 12.9. The molecule has 1 saturated heterocycles. The van der Waals surface area contributed by atoms with Crippen molar-refractivity contribution in [2.75, 3.05) is 13.1 Å². The number of piperidine rings is 1. The lowest BCUT2D eigenvalue weighted by Gasteiger charge is -2.34. The fourth-order valence-corrected chi connectivity index (χ4v) is 3.79. The van der Waals surface area contributed by atoms with Crippen LogP contribution in [0.5, 0.6) is 0 Å². The van der Waals surface area contributed by atoms with Crippen LogP contribution in [0.3, 0.4) is 0 Å². The molecule has 1 heterocycles. The Morgan fingerprint density at radius 3 is 2.36 bits per heavy atom. The molecule has 1 aromatic carbocycles. The van der Waals surface area contributed by atoms with E-state index >= 15 is 0 Å². The average Bonchev–Trinajstić information content (AvgIpc) is 2.47. The number of primary amides is 1. The molecule has 0 aromatic heterocycles. The van der Waals surface area contributed by atoms with Crippen LogP contribution in [0.4, 0.5) is 4.39 Å². The van der Waals surface area contributed by atoms with Crippen molar-refractivity contribution < 1.29 is 17.6 Å². The van der Waals surface area contributed by atoms with Crippen LogP contribution in [0, 0.1) is 5.82 Å². The summed E-state index contributed by atoms with van der Waals surface area (Å²) in [5.41, 5.74) is 5.27. The number of sulfonamides is 1. The van der Waals surface area contributed by atoms with E-state index < -0.39 is 15.8 Å².